The fourth-order valence-corrected chi connectivity index (χ4v) is 5.00. The van der Waals surface area contributed by atoms with Gasteiger partial charge < -0.3 is 21.1 Å². The van der Waals surface area contributed by atoms with Crippen molar-refractivity contribution in [3.8, 4) is 0 Å². The molecule has 208 valence electrons. The Hall–Kier alpha value is -2.88. The second-order valence-corrected chi connectivity index (χ2v) is 11.3. The molecule has 1 heterocycles. The third kappa shape index (κ3) is 8.06. The minimum Gasteiger partial charge on any atom is -0.390 e. The zero-order valence-electron chi connectivity index (χ0n) is 22.8. The van der Waals surface area contributed by atoms with Gasteiger partial charge in [-0.05, 0) is 53.5 Å². The zero-order chi connectivity index (χ0) is 28.1. The van der Waals surface area contributed by atoms with Crippen LogP contribution in [0.25, 0.3) is 0 Å². The first-order valence-electron chi connectivity index (χ1n) is 13.0. The largest absolute Gasteiger partial charge is 0.390 e. The van der Waals surface area contributed by atoms with E-state index in [1.54, 1.807) is 0 Å². The van der Waals surface area contributed by atoms with E-state index in [-0.39, 0.29) is 36.4 Å². The smallest absolute Gasteiger partial charge is 0.218 e. The summed E-state index contributed by atoms with van der Waals surface area (Å²) in [5.41, 5.74) is 1.95. The second-order valence-electron chi connectivity index (χ2n) is 11.3. The number of halogens is 2. The van der Waals surface area contributed by atoms with Gasteiger partial charge in [-0.3, -0.25) is 14.9 Å². The number of carbonyl (C=O) groups is 2. The molecule has 0 spiro atoms. The van der Waals surface area contributed by atoms with Gasteiger partial charge in [-0.25, -0.2) is 8.78 Å². The van der Waals surface area contributed by atoms with E-state index in [0.29, 0.717) is 24.9 Å². The maximum absolute atomic E-state index is 13.8. The number of hydrogen-bond donors (Lipinski definition) is 5. The molecule has 4 atom stereocenters. The lowest BCUT2D eigenvalue weighted by atomic mass is 9.78. The van der Waals surface area contributed by atoms with Crippen molar-refractivity contribution in [2.45, 2.75) is 83.1 Å². The summed E-state index contributed by atoms with van der Waals surface area (Å²) in [6.45, 7) is 9.89. The van der Waals surface area contributed by atoms with Crippen molar-refractivity contribution in [1.29, 1.82) is 0 Å². The topological polar surface area (TPSA) is 102 Å². The molecule has 0 unspecified atom stereocenters. The molecule has 2 aromatic carbocycles. The van der Waals surface area contributed by atoms with Crippen LogP contribution in [0, 0.1) is 11.6 Å². The molecule has 3 rings (SSSR count). The number of amides is 2. The highest BCUT2D eigenvalue weighted by Gasteiger charge is 2.38. The average Bonchev–Trinajstić information content (AvgIpc) is 2.81. The molecule has 0 saturated carbocycles. The van der Waals surface area contributed by atoms with E-state index in [1.165, 1.54) is 31.5 Å². The number of rotatable bonds is 9. The van der Waals surface area contributed by atoms with Gasteiger partial charge in [0, 0.05) is 33.0 Å². The molecule has 0 bridgehead atoms. The summed E-state index contributed by atoms with van der Waals surface area (Å²) < 4.78 is 27.5. The van der Waals surface area contributed by atoms with Crippen LogP contribution < -0.4 is 21.3 Å². The summed E-state index contributed by atoms with van der Waals surface area (Å²) in [7, 11) is 0. The number of carbonyl (C=O) groups excluding carboxylic acids is 2. The molecule has 1 saturated heterocycles. The van der Waals surface area contributed by atoms with Gasteiger partial charge in [0.05, 0.1) is 23.9 Å². The number of benzene rings is 2. The van der Waals surface area contributed by atoms with Crippen LogP contribution in [0.1, 0.15) is 64.2 Å². The van der Waals surface area contributed by atoms with E-state index < -0.39 is 29.3 Å². The van der Waals surface area contributed by atoms with E-state index >= 15 is 0 Å². The van der Waals surface area contributed by atoms with Crippen LogP contribution in [-0.4, -0.2) is 48.3 Å². The minimum atomic E-state index is -1.04. The Morgan fingerprint density at radius 3 is 2.34 bits per heavy atom. The van der Waals surface area contributed by atoms with E-state index in [2.05, 4.69) is 60.2 Å². The number of hydrogen-bond acceptors (Lipinski definition) is 5. The van der Waals surface area contributed by atoms with Crippen LogP contribution in [0.5, 0.6) is 0 Å². The van der Waals surface area contributed by atoms with Crippen LogP contribution in [-0.2, 0) is 27.0 Å². The third-order valence-corrected chi connectivity index (χ3v) is 7.05. The summed E-state index contributed by atoms with van der Waals surface area (Å²) in [4.78, 5) is 23.5. The van der Waals surface area contributed by atoms with Gasteiger partial charge in [0.2, 0.25) is 11.8 Å². The van der Waals surface area contributed by atoms with Crippen molar-refractivity contribution in [1.82, 2.24) is 21.3 Å². The Kier molecular flexibility index (Phi) is 9.62. The summed E-state index contributed by atoms with van der Waals surface area (Å²) >= 11 is 0. The Balaban J connectivity index is 1.84. The first-order valence-corrected chi connectivity index (χ1v) is 13.0. The molecule has 7 nitrogen and oxygen atoms in total. The van der Waals surface area contributed by atoms with Gasteiger partial charge in [-0.1, -0.05) is 45.0 Å². The number of nitrogens with one attached hydrogen (secondary N) is 4. The van der Waals surface area contributed by atoms with Crippen molar-refractivity contribution < 1.29 is 23.5 Å². The average molecular weight is 531 g/mol. The van der Waals surface area contributed by atoms with Crippen molar-refractivity contribution in [3.63, 3.8) is 0 Å². The van der Waals surface area contributed by atoms with Gasteiger partial charge in [-0.15, -0.1) is 0 Å². The number of piperidine rings is 1. The Labute approximate surface area is 223 Å². The summed E-state index contributed by atoms with van der Waals surface area (Å²) in [6.07, 6.45) is 0.215. The summed E-state index contributed by atoms with van der Waals surface area (Å²) in [5.74, 6) is -1.89. The van der Waals surface area contributed by atoms with Gasteiger partial charge in [0.25, 0.3) is 0 Å². The Bertz CT molecular complexity index is 1110. The molecule has 38 heavy (non-hydrogen) atoms. The predicted molar refractivity (Wildman–Crippen MR) is 143 cm³/mol. The number of aliphatic hydroxyl groups excluding tert-OH is 1. The van der Waals surface area contributed by atoms with Gasteiger partial charge >= 0.3 is 0 Å². The second kappa shape index (κ2) is 12.3. The minimum absolute atomic E-state index is 0.0612. The molecule has 9 heteroatoms. The Morgan fingerprint density at radius 1 is 1.11 bits per heavy atom. The normalized spacial score (nSPS) is 21.4. The molecule has 1 fully saturated rings. The van der Waals surface area contributed by atoms with Crippen LogP contribution in [0.3, 0.4) is 0 Å². The SMILES string of the molecule is CC(=O)N[C@H]1CC[C@@](NC[C@@H](O)[C@H](Cc2cc(F)cc(F)c2)NC(C)=O)(c2cccc(C(C)(C)C)c2)CN1. The maximum Gasteiger partial charge on any atom is 0.218 e. The van der Waals surface area contributed by atoms with Gasteiger partial charge in [0.15, 0.2) is 0 Å². The number of aliphatic hydroxyl groups is 1. The summed E-state index contributed by atoms with van der Waals surface area (Å²) in [6, 6.07) is 10.8. The van der Waals surface area contributed by atoms with Gasteiger partial charge in [-0.2, -0.15) is 0 Å². The van der Waals surface area contributed by atoms with Crippen molar-refractivity contribution in [2.24, 2.45) is 0 Å². The highest BCUT2D eigenvalue weighted by atomic mass is 19.1. The highest BCUT2D eigenvalue weighted by Crippen LogP contribution is 2.33. The van der Waals surface area contributed by atoms with E-state index in [9.17, 15) is 23.5 Å². The van der Waals surface area contributed by atoms with Crippen molar-refractivity contribution >= 4 is 11.8 Å². The fourth-order valence-electron chi connectivity index (χ4n) is 5.00. The molecule has 0 radical (unpaired) electrons. The maximum atomic E-state index is 13.8. The summed E-state index contributed by atoms with van der Waals surface area (Å²) in [5, 5.41) is 23.7. The lowest BCUT2D eigenvalue weighted by Gasteiger charge is -2.43. The highest BCUT2D eigenvalue weighted by molar-refractivity contribution is 5.73. The molecular weight excluding hydrogens is 490 g/mol. The quantitative estimate of drug-likeness (QED) is 0.343. The molecule has 5 N–H and O–H groups in total. The van der Waals surface area contributed by atoms with Crippen LogP contribution in [0.2, 0.25) is 0 Å². The molecule has 2 amide bonds. The molecule has 0 aromatic heterocycles. The van der Waals surface area contributed by atoms with Crippen molar-refractivity contribution in [2.75, 3.05) is 13.1 Å². The van der Waals surface area contributed by atoms with E-state index in [0.717, 1.165) is 11.6 Å². The lowest BCUT2D eigenvalue weighted by Crippen LogP contribution is -2.61. The molecule has 1 aliphatic rings. The molecular formula is C29H40F2N4O3. The Morgan fingerprint density at radius 2 is 1.79 bits per heavy atom. The monoisotopic (exact) mass is 530 g/mol. The van der Waals surface area contributed by atoms with Crippen LogP contribution in [0.4, 0.5) is 8.78 Å². The van der Waals surface area contributed by atoms with Crippen LogP contribution in [0.15, 0.2) is 42.5 Å². The van der Waals surface area contributed by atoms with E-state index in [1.807, 2.05) is 6.07 Å². The van der Waals surface area contributed by atoms with Crippen LogP contribution >= 0.6 is 0 Å². The molecule has 2 aromatic rings. The van der Waals surface area contributed by atoms with E-state index in [4.69, 9.17) is 0 Å². The first-order chi connectivity index (χ1) is 17.8. The fraction of sp³-hybridized carbons (Fsp3) is 0.517. The first kappa shape index (κ1) is 29.7. The lowest BCUT2D eigenvalue weighted by molar-refractivity contribution is -0.121. The zero-order valence-corrected chi connectivity index (χ0v) is 22.8. The standard InChI is InChI=1S/C29H40F2N4O3/c1-18(36)34-25(13-20-11-23(30)15-24(31)12-20)26(38)16-33-29(10-9-27(32-17-29)35-19(2)37)22-8-6-7-21(14-22)28(3,4)5/h6-8,11-12,14-15,25-27,32-33,38H,9-10,13,16-17H2,1-5H3,(H,34,36)(H,35,37)/t25-,26+,27-,29-/m0/s1. The molecule has 0 aliphatic carbocycles. The third-order valence-electron chi connectivity index (χ3n) is 7.05. The molecule has 1 aliphatic heterocycles. The van der Waals surface area contributed by atoms with Crippen molar-refractivity contribution in [3.05, 3.63) is 70.8 Å². The predicted octanol–water partition coefficient (Wildman–Crippen LogP) is 3.00. The van der Waals surface area contributed by atoms with Gasteiger partial charge in [0.1, 0.15) is 11.6 Å².